The van der Waals surface area contributed by atoms with Gasteiger partial charge in [0.15, 0.2) is 0 Å². The summed E-state index contributed by atoms with van der Waals surface area (Å²) in [5.41, 5.74) is 4.64. The van der Waals surface area contributed by atoms with Gasteiger partial charge in [0.05, 0.1) is 35.6 Å². The van der Waals surface area contributed by atoms with E-state index in [0.717, 1.165) is 30.6 Å². The van der Waals surface area contributed by atoms with Gasteiger partial charge in [-0.15, -0.1) is 5.11 Å². The number of nitro groups is 1. The van der Waals surface area contributed by atoms with Crippen LogP contribution in [0.15, 0.2) is 93.3 Å². The van der Waals surface area contributed by atoms with Crippen LogP contribution in [0.1, 0.15) is 129 Å². The van der Waals surface area contributed by atoms with Gasteiger partial charge in [-0.05, 0) is 74.7 Å². The van der Waals surface area contributed by atoms with E-state index in [1.54, 1.807) is 12.1 Å². The summed E-state index contributed by atoms with van der Waals surface area (Å²) in [5.74, 6) is 0.166. The fourth-order valence-electron chi connectivity index (χ4n) is 6.41. The van der Waals surface area contributed by atoms with Crippen molar-refractivity contribution in [2.75, 3.05) is 31.7 Å². The van der Waals surface area contributed by atoms with E-state index in [-0.39, 0.29) is 18.3 Å². The van der Waals surface area contributed by atoms with E-state index >= 15 is 0 Å². The van der Waals surface area contributed by atoms with E-state index in [9.17, 15) is 14.9 Å². The Morgan fingerprint density at radius 2 is 1.21 bits per heavy atom. The van der Waals surface area contributed by atoms with Gasteiger partial charge in [-0.1, -0.05) is 110 Å². The number of methoxy groups -OCH3 is 1. The van der Waals surface area contributed by atoms with Gasteiger partial charge in [0.25, 0.3) is 5.69 Å². The molecule has 0 saturated carbocycles. The first-order valence-corrected chi connectivity index (χ1v) is 20.7. The predicted molar refractivity (Wildman–Crippen MR) is 228 cm³/mol. The molecule has 11 heteroatoms. The van der Waals surface area contributed by atoms with E-state index in [1.165, 1.54) is 121 Å². The van der Waals surface area contributed by atoms with Crippen LogP contribution in [0, 0.1) is 17.0 Å². The Morgan fingerprint density at radius 3 is 1.71 bits per heavy atom. The lowest BCUT2D eigenvalue weighted by molar-refractivity contribution is -0.384. The molecule has 0 aliphatic rings. The second-order valence-electron chi connectivity index (χ2n) is 14.4. The topological polar surface area (TPSA) is 131 Å². The summed E-state index contributed by atoms with van der Waals surface area (Å²) in [6.45, 7) is 11.8. The molecule has 0 fully saturated rings. The Hall–Kier alpha value is -4.93. The van der Waals surface area contributed by atoms with Crippen LogP contribution in [-0.4, -0.2) is 37.7 Å². The highest BCUT2D eigenvalue weighted by Gasteiger charge is 2.12. The Morgan fingerprint density at radius 1 is 0.714 bits per heavy atom. The monoisotopic (exact) mass is 768 g/mol. The van der Waals surface area contributed by atoms with Crippen molar-refractivity contribution in [1.29, 1.82) is 0 Å². The van der Waals surface area contributed by atoms with Gasteiger partial charge in [0.2, 0.25) is 0 Å². The normalized spacial score (nSPS) is 11.4. The zero-order chi connectivity index (χ0) is 40.4. The van der Waals surface area contributed by atoms with Crippen molar-refractivity contribution >= 4 is 40.1 Å². The smallest absolute Gasteiger partial charge is 0.333 e. The number of hydrogen-bond donors (Lipinski definition) is 0. The third-order valence-corrected chi connectivity index (χ3v) is 9.92. The van der Waals surface area contributed by atoms with Crippen LogP contribution < -0.4 is 9.64 Å². The van der Waals surface area contributed by atoms with E-state index in [1.807, 2.05) is 31.2 Å². The number of benzene rings is 3. The molecule has 0 heterocycles. The number of likely N-dealkylation sites (N-methyl/N-ethyl adjacent to an activating group) is 1. The number of nitro benzene ring substituents is 1. The third kappa shape index (κ3) is 17.3. The first-order chi connectivity index (χ1) is 27.2. The number of anilines is 1. The average Bonchev–Trinajstić information content (AvgIpc) is 3.21. The summed E-state index contributed by atoms with van der Waals surface area (Å²) in [5, 5.41) is 28.2. The number of esters is 1. The summed E-state index contributed by atoms with van der Waals surface area (Å²) in [6, 6.07) is 17.1. The minimum Gasteiger partial charge on any atom is -0.494 e. The maximum Gasteiger partial charge on any atom is 0.333 e. The molecule has 3 rings (SSSR count). The highest BCUT2D eigenvalue weighted by atomic mass is 16.6. The molecule has 0 aromatic heterocycles. The molecule has 0 saturated heterocycles. The Kier molecular flexibility index (Phi) is 21.8. The number of azo groups is 2. The molecule has 0 amide bonds. The molecule has 0 bridgehead atoms. The Labute approximate surface area is 334 Å². The maximum absolute atomic E-state index is 12.6. The van der Waals surface area contributed by atoms with Crippen molar-refractivity contribution in [1.82, 2.24) is 0 Å². The number of carbonyl (C=O) groups is 1. The summed E-state index contributed by atoms with van der Waals surface area (Å²) in [7, 11) is 1.54. The number of non-ortho nitro benzene ring substituents is 1. The van der Waals surface area contributed by atoms with Gasteiger partial charge in [-0.3, -0.25) is 10.1 Å². The van der Waals surface area contributed by atoms with Gasteiger partial charge < -0.3 is 14.4 Å². The van der Waals surface area contributed by atoms with Crippen LogP contribution in [0.2, 0.25) is 0 Å². The van der Waals surface area contributed by atoms with Crippen LogP contribution in [0.3, 0.4) is 0 Å². The molecule has 0 aliphatic carbocycles. The van der Waals surface area contributed by atoms with Crippen molar-refractivity contribution in [3.8, 4) is 5.75 Å². The molecular formula is C45H64N6O5. The first-order valence-electron chi connectivity index (χ1n) is 20.7. The van der Waals surface area contributed by atoms with Gasteiger partial charge in [-0.25, -0.2) is 4.79 Å². The number of carbonyl (C=O) groups excluding carboxylic acids is 1. The van der Waals surface area contributed by atoms with Crippen LogP contribution in [-0.2, 0) is 9.53 Å². The molecule has 56 heavy (non-hydrogen) atoms. The van der Waals surface area contributed by atoms with E-state index < -0.39 is 4.92 Å². The first kappa shape index (κ1) is 45.5. The minimum absolute atomic E-state index is 0.0140. The largest absolute Gasteiger partial charge is 0.494 e. The molecule has 0 unspecified atom stereocenters. The van der Waals surface area contributed by atoms with Crippen LogP contribution in [0.4, 0.5) is 34.1 Å². The van der Waals surface area contributed by atoms with E-state index in [0.29, 0.717) is 47.0 Å². The predicted octanol–water partition coefficient (Wildman–Crippen LogP) is 14.3. The van der Waals surface area contributed by atoms with Crippen molar-refractivity contribution in [2.24, 2.45) is 20.5 Å². The van der Waals surface area contributed by atoms with Crippen molar-refractivity contribution < 1.29 is 19.2 Å². The number of aryl methyl sites for hydroxylation is 1. The highest BCUT2D eigenvalue weighted by molar-refractivity contribution is 5.87. The summed E-state index contributed by atoms with van der Waals surface area (Å²) in [6.07, 6.45) is 21.9. The summed E-state index contributed by atoms with van der Waals surface area (Å²) in [4.78, 5) is 25.2. The highest BCUT2D eigenvalue weighted by Crippen LogP contribution is 2.37. The van der Waals surface area contributed by atoms with Gasteiger partial charge in [0.1, 0.15) is 18.0 Å². The fourth-order valence-corrected chi connectivity index (χ4v) is 6.41. The zero-order valence-electron chi connectivity index (χ0n) is 34.3. The fraction of sp³-hybridized carbons (Fsp3) is 0.533. The quantitative estimate of drug-likeness (QED) is 0.0172. The molecular weight excluding hydrogens is 705 g/mol. The lowest BCUT2D eigenvalue weighted by Crippen LogP contribution is -2.28. The number of rotatable bonds is 29. The molecule has 3 aromatic rings. The van der Waals surface area contributed by atoms with Crippen molar-refractivity contribution in [2.45, 2.75) is 130 Å². The van der Waals surface area contributed by atoms with Crippen LogP contribution >= 0.6 is 0 Å². The molecule has 304 valence electrons. The summed E-state index contributed by atoms with van der Waals surface area (Å²) >= 11 is 0. The molecule has 3 aromatic carbocycles. The molecule has 11 nitrogen and oxygen atoms in total. The molecule has 0 spiro atoms. The van der Waals surface area contributed by atoms with Crippen LogP contribution in [0.5, 0.6) is 5.75 Å². The molecule has 0 radical (unpaired) electrons. The van der Waals surface area contributed by atoms with Gasteiger partial charge in [-0.2, -0.15) is 15.3 Å². The van der Waals surface area contributed by atoms with Gasteiger partial charge >= 0.3 is 5.97 Å². The molecule has 0 N–H and O–H groups in total. The number of ether oxygens (including phenoxy) is 2. The summed E-state index contributed by atoms with van der Waals surface area (Å²) < 4.78 is 11.1. The molecule has 0 atom stereocenters. The minimum atomic E-state index is -0.461. The number of nitrogens with zero attached hydrogens (tertiary/aromatic N) is 6. The Balaban J connectivity index is 1.33. The second-order valence-corrected chi connectivity index (χ2v) is 14.4. The SMILES string of the molecule is C=C(CCCCCCCCCCCCCCCCCC)C(=O)OCCN(CC)c1ccc(N=Nc2cc(OC)c(N=Nc3ccc([N+](=O)[O-])cc3)cc2C)cc1. The van der Waals surface area contributed by atoms with Crippen LogP contribution in [0.25, 0.3) is 0 Å². The third-order valence-electron chi connectivity index (χ3n) is 9.92. The van der Waals surface area contributed by atoms with E-state index in [4.69, 9.17) is 9.47 Å². The zero-order valence-corrected chi connectivity index (χ0v) is 34.3. The van der Waals surface area contributed by atoms with Crippen molar-refractivity contribution in [3.05, 3.63) is 88.5 Å². The maximum atomic E-state index is 12.6. The standard InChI is InChI=1S/C45H64N6O5/c1-6-8-9-10-11-12-13-14-15-16-17-18-19-20-21-22-23-36(3)45(52)56-33-32-50(7-2)40-28-24-38(25-29-40)46-48-42-35-44(55-5)43(34-37(42)4)49-47-39-26-30-41(31-27-39)51(53)54/h24-31,34-35H,3,6-23,32-33H2,1-2,4-5H3. The lowest BCUT2D eigenvalue weighted by atomic mass is 10.0. The molecule has 0 aliphatic heterocycles. The number of hydrogen-bond acceptors (Lipinski definition) is 10. The van der Waals surface area contributed by atoms with E-state index in [2.05, 4.69) is 45.8 Å². The van der Waals surface area contributed by atoms with Gasteiger partial charge in [0, 0.05) is 36.0 Å². The van der Waals surface area contributed by atoms with Crippen molar-refractivity contribution in [3.63, 3.8) is 0 Å². The second kappa shape index (κ2) is 26.8. The lowest BCUT2D eigenvalue weighted by Gasteiger charge is -2.23. The Bertz CT molecular complexity index is 1670. The number of unbranched alkanes of at least 4 members (excludes halogenated alkanes) is 15. The average molecular weight is 769 g/mol.